The van der Waals surface area contributed by atoms with Crippen molar-refractivity contribution in [3.63, 3.8) is 0 Å². The van der Waals surface area contributed by atoms with Crippen molar-refractivity contribution in [1.82, 2.24) is 24.4 Å². The molecule has 10 heteroatoms. The van der Waals surface area contributed by atoms with E-state index in [2.05, 4.69) is 15.3 Å². The van der Waals surface area contributed by atoms with Crippen molar-refractivity contribution in [3.8, 4) is 0 Å². The lowest BCUT2D eigenvalue weighted by Crippen LogP contribution is -2.36. The fourth-order valence-electron chi connectivity index (χ4n) is 1.87. The fourth-order valence-corrected chi connectivity index (χ4v) is 2.56. The Balaban J connectivity index is 2.16. The third-order valence-corrected chi connectivity index (χ3v) is 3.94. The van der Waals surface area contributed by atoms with E-state index in [4.69, 9.17) is 5.11 Å². The summed E-state index contributed by atoms with van der Waals surface area (Å²) in [6.07, 6.45) is 0.499. The molecule has 0 aliphatic carbocycles. The first kappa shape index (κ1) is 16.3. The number of aryl methyl sites for hydroxylation is 1. The van der Waals surface area contributed by atoms with Gasteiger partial charge in [-0.05, 0) is 6.42 Å². The molecule has 2 rings (SSSR count). The lowest BCUT2D eigenvalue weighted by molar-refractivity contribution is -0.118. The predicted molar refractivity (Wildman–Crippen MR) is 82.0 cm³/mol. The molecule has 0 unspecified atom stereocenters. The molecule has 0 aromatic carbocycles. The normalized spacial score (nSPS) is 11.0. The molecule has 0 saturated carbocycles. The zero-order valence-corrected chi connectivity index (χ0v) is 13.1. The number of aromatic amines is 1. The highest BCUT2D eigenvalue weighted by molar-refractivity contribution is 7.99. The molecule has 0 fully saturated rings. The van der Waals surface area contributed by atoms with Crippen LogP contribution in [0.4, 0.5) is 0 Å². The number of aromatic nitrogens is 4. The summed E-state index contributed by atoms with van der Waals surface area (Å²) in [7, 11) is 2.92. The largest absolute Gasteiger partial charge is 0.396 e. The summed E-state index contributed by atoms with van der Waals surface area (Å²) in [6.45, 7) is 0.430. The van der Waals surface area contributed by atoms with Gasteiger partial charge >= 0.3 is 5.69 Å². The van der Waals surface area contributed by atoms with Crippen LogP contribution in [0.2, 0.25) is 0 Å². The third-order valence-electron chi connectivity index (χ3n) is 3.07. The molecule has 0 atom stereocenters. The first-order valence-corrected chi connectivity index (χ1v) is 7.60. The second-order valence-corrected chi connectivity index (χ2v) is 5.63. The van der Waals surface area contributed by atoms with Crippen LogP contribution in [0.3, 0.4) is 0 Å². The average molecular weight is 327 g/mol. The Morgan fingerprint density at radius 1 is 1.36 bits per heavy atom. The van der Waals surface area contributed by atoms with Crippen LogP contribution < -0.4 is 16.6 Å². The van der Waals surface area contributed by atoms with Crippen LogP contribution in [-0.4, -0.2) is 49.0 Å². The van der Waals surface area contributed by atoms with Gasteiger partial charge in [0.05, 0.1) is 5.75 Å². The predicted octanol–water partition coefficient (Wildman–Crippen LogP) is -1.45. The highest BCUT2D eigenvalue weighted by atomic mass is 32.2. The number of nitrogens with one attached hydrogen (secondary N) is 2. The maximum absolute atomic E-state index is 12.0. The van der Waals surface area contributed by atoms with Crippen molar-refractivity contribution in [3.05, 3.63) is 20.8 Å². The Bertz CT molecular complexity index is 806. The number of hydrogen-bond acceptors (Lipinski definition) is 6. The summed E-state index contributed by atoms with van der Waals surface area (Å²) < 4.78 is 2.27. The number of amides is 1. The maximum atomic E-state index is 12.0. The van der Waals surface area contributed by atoms with Gasteiger partial charge in [-0.3, -0.25) is 18.7 Å². The first-order valence-electron chi connectivity index (χ1n) is 6.61. The fraction of sp³-hybridized carbons (Fsp3) is 0.500. The van der Waals surface area contributed by atoms with E-state index in [-0.39, 0.29) is 29.4 Å². The Morgan fingerprint density at radius 3 is 2.77 bits per heavy atom. The summed E-state index contributed by atoms with van der Waals surface area (Å²) >= 11 is 1.14. The minimum atomic E-state index is -0.456. The Labute approximate surface area is 129 Å². The number of nitrogens with zero attached hydrogens (tertiary/aromatic N) is 3. The number of rotatable bonds is 6. The molecular formula is C12H17N5O4S. The molecular weight excluding hydrogens is 310 g/mol. The van der Waals surface area contributed by atoms with Crippen molar-refractivity contribution in [2.75, 3.05) is 18.9 Å². The van der Waals surface area contributed by atoms with Crippen LogP contribution in [0.15, 0.2) is 14.7 Å². The molecule has 2 aromatic rings. The molecule has 0 aliphatic rings. The average Bonchev–Trinajstić information content (AvgIpc) is 2.93. The Morgan fingerprint density at radius 2 is 2.09 bits per heavy atom. The molecule has 0 aliphatic heterocycles. The van der Waals surface area contributed by atoms with Crippen LogP contribution in [0.5, 0.6) is 0 Å². The molecule has 1 amide bonds. The number of aliphatic hydroxyl groups is 1. The lowest BCUT2D eigenvalue weighted by Gasteiger charge is -2.01. The van der Waals surface area contributed by atoms with Gasteiger partial charge in [0.15, 0.2) is 16.3 Å². The van der Waals surface area contributed by atoms with Gasteiger partial charge in [0.25, 0.3) is 5.56 Å². The van der Waals surface area contributed by atoms with Gasteiger partial charge in [0.1, 0.15) is 0 Å². The van der Waals surface area contributed by atoms with Gasteiger partial charge in [-0.1, -0.05) is 11.8 Å². The summed E-state index contributed by atoms with van der Waals surface area (Å²) in [5.41, 5.74) is -0.420. The number of thioether (sulfide) groups is 1. The Kier molecular flexibility index (Phi) is 5.03. The van der Waals surface area contributed by atoms with Crippen molar-refractivity contribution in [2.45, 2.75) is 11.6 Å². The zero-order valence-electron chi connectivity index (χ0n) is 12.3. The van der Waals surface area contributed by atoms with Gasteiger partial charge in [-0.2, -0.15) is 0 Å². The van der Waals surface area contributed by atoms with E-state index in [1.165, 1.54) is 18.7 Å². The topological polar surface area (TPSA) is 122 Å². The first-order chi connectivity index (χ1) is 10.5. The molecule has 3 N–H and O–H groups in total. The number of hydrogen-bond donors (Lipinski definition) is 3. The van der Waals surface area contributed by atoms with Gasteiger partial charge < -0.3 is 15.4 Å². The minimum Gasteiger partial charge on any atom is -0.396 e. The lowest BCUT2D eigenvalue weighted by atomic mass is 10.4. The van der Waals surface area contributed by atoms with Crippen molar-refractivity contribution in [2.24, 2.45) is 14.1 Å². The van der Waals surface area contributed by atoms with Gasteiger partial charge in [-0.15, -0.1) is 0 Å². The van der Waals surface area contributed by atoms with E-state index in [0.717, 1.165) is 16.3 Å². The molecule has 0 radical (unpaired) electrons. The molecule has 9 nitrogen and oxygen atoms in total. The van der Waals surface area contributed by atoms with E-state index < -0.39 is 11.2 Å². The highest BCUT2D eigenvalue weighted by Crippen LogP contribution is 2.16. The number of imidazole rings is 1. The molecule has 0 bridgehead atoms. The minimum absolute atomic E-state index is 0.0221. The van der Waals surface area contributed by atoms with Crippen LogP contribution in [0.1, 0.15) is 6.42 Å². The summed E-state index contributed by atoms with van der Waals surface area (Å²) in [4.78, 5) is 42.4. The highest BCUT2D eigenvalue weighted by Gasteiger charge is 2.14. The monoisotopic (exact) mass is 327 g/mol. The van der Waals surface area contributed by atoms with E-state index in [9.17, 15) is 14.4 Å². The Hall–Kier alpha value is -2.07. The summed E-state index contributed by atoms with van der Waals surface area (Å²) in [6, 6.07) is 0. The van der Waals surface area contributed by atoms with E-state index in [0.29, 0.717) is 18.1 Å². The van der Waals surface area contributed by atoms with Gasteiger partial charge in [0, 0.05) is 27.2 Å². The quantitative estimate of drug-likeness (QED) is 0.441. The van der Waals surface area contributed by atoms with E-state index in [1.807, 2.05) is 0 Å². The standard InChI is InChI=1S/C12H17N5O4S/c1-16-9-8(10(20)17(2)12(16)21)14-11(15-9)22-6-7(19)13-4-3-5-18/h18H,3-6H2,1-2H3,(H,13,19)(H,14,15). The van der Waals surface area contributed by atoms with E-state index >= 15 is 0 Å². The summed E-state index contributed by atoms with van der Waals surface area (Å²) in [5.74, 6) is -0.0693. The second kappa shape index (κ2) is 6.79. The number of aliphatic hydroxyl groups excluding tert-OH is 1. The molecule has 0 saturated heterocycles. The third kappa shape index (κ3) is 3.22. The number of fused-ring (bicyclic) bond motifs is 1. The number of H-pyrrole nitrogens is 1. The number of carbonyl (C=O) groups is 1. The van der Waals surface area contributed by atoms with Crippen molar-refractivity contribution < 1.29 is 9.90 Å². The number of carbonyl (C=O) groups excluding carboxylic acids is 1. The van der Waals surface area contributed by atoms with Crippen LogP contribution in [0, 0.1) is 0 Å². The molecule has 2 heterocycles. The molecule has 0 spiro atoms. The molecule has 22 heavy (non-hydrogen) atoms. The zero-order chi connectivity index (χ0) is 16.3. The van der Waals surface area contributed by atoms with Crippen molar-refractivity contribution in [1.29, 1.82) is 0 Å². The smallest absolute Gasteiger partial charge is 0.332 e. The second-order valence-electron chi connectivity index (χ2n) is 4.66. The maximum Gasteiger partial charge on any atom is 0.332 e. The van der Waals surface area contributed by atoms with E-state index in [1.54, 1.807) is 0 Å². The SMILES string of the molecule is Cn1c(=O)c2[nH]c(SCC(=O)NCCCO)nc2n(C)c1=O. The molecule has 2 aromatic heterocycles. The van der Waals surface area contributed by atoms with Gasteiger partial charge in [-0.25, -0.2) is 9.78 Å². The van der Waals surface area contributed by atoms with Crippen LogP contribution in [-0.2, 0) is 18.9 Å². The summed E-state index contributed by atoms with van der Waals surface area (Å²) in [5, 5.41) is 11.7. The molecule has 120 valence electrons. The van der Waals surface area contributed by atoms with Crippen LogP contribution in [0.25, 0.3) is 11.2 Å². The van der Waals surface area contributed by atoms with Gasteiger partial charge in [0.2, 0.25) is 5.91 Å². The van der Waals surface area contributed by atoms with Crippen LogP contribution >= 0.6 is 11.8 Å². The van der Waals surface area contributed by atoms with Crippen molar-refractivity contribution >= 4 is 28.8 Å².